The van der Waals surface area contributed by atoms with Crippen LogP contribution in [-0.4, -0.2) is 6.04 Å². The van der Waals surface area contributed by atoms with E-state index < -0.39 is 0 Å². The zero-order valence-corrected chi connectivity index (χ0v) is 20.2. The molecule has 2 nitrogen and oxygen atoms in total. The third-order valence-electron chi connectivity index (χ3n) is 8.02. The molecule has 4 fully saturated rings. The molecule has 6 rings (SSSR count). The van der Waals surface area contributed by atoms with Gasteiger partial charge in [0, 0.05) is 38.8 Å². The van der Waals surface area contributed by atoms with Crippen LogP contribution in [0.1, 0.15) is 56.6 Å². The van der Waals surface area contributed by atoms with Crippen LogP contribution in [0.2, 0.25) is 15.1 Å². The molecule has 4 bridgehead atoms. The van der Waals surface area contributed by atoms with Crippen molar-refractivity contribution in [3.05, 3.63) is 62.6 Å². The van der Waals surface area contributed by atoms with Gasteiger partial charge in [-0.05, 0) is 98.9 Å². The summed E-state index contributed by atoms with van der Waals surface area (Å²) >= 11 is 18.7. The van der Waals surface area contributed by atoms with Crippen molar-refractivity contribution in [3.8, 4) is 5.75 Å². The van der Waals surface area contributed by atoms with Crippen LogP contribution < -0.4 is 10.1 Å². The van der Waals surface area contributed by atoms with Gasteiger partial charge in [-0.1, -0.05) is 40.9 Å². The summed E-state index contributed by atoms with van der Waals surface area (Å²) in [6, 6.07) is 11.8. The van der Waals surface area contributed by atoms with Crippen LogP contribution in [0.15, 0.2) is 36.4 Å². The van der Waals surface area contributed by atoms with Gasteiger partial charge in [0.2, 0.25) is 0 Å². The number of rotatable bonds is 7. The highest BCUT2D eigenvalue weighted by atomic mass is 35.5. The quantitative estimate of drug-likeness (QED) is 0.436. The molecule has 166 valence electrons. The molecule has 4 aliphatic carbocycles. The standard InChI is InChI=1S/C26H30Cl3NO/c1-16(26-11-17-6-18(12-26)8-19(7-17)13-26)30-14-21-9-22(27)4-5-25(21)31-15-20-2-3-23(28)10-24(20)29/h2-5,9-10,16-19,30H,6-8,11-15H2,1H3. The van der Waals surface area contributed by atoms with Gasteiger partial charge in [-0.15, -0.1) is 0 Å². The number of halogens is 3. The second kappa shape index (κ2) is 8.78. The summed E-state index contributed by atoms with van der Waals surface area (Å²) in [4.78, 5) is 0. The second-order valence-corrected chi connectivity index (χ2v) is 11.4. The maximum atomic E-state index is 6.33. The molecule has 1 atom stereocenters. The predicted molar refractivity (Wildman–Crippen MR) is 129 cm³/mol. The summed E-state index contributed by atoms with van der Waals surface area (Å²) in [5.41, 5.74) is 2.49. The summed E-state index contributed by atoms with van der Waals surface area (Å²) in [6.07, 6.45) is 8.64. The van der Waals surface area contributed by atoms with Gasteiger partial charge in [-0.2, -0.15) is 0 Å². The van der Waals surface area contributed by atoms with Crippen molar-refractivity contribution >= 4 is 34.8 Å². The van der Waals surface area contributed by atoms with Crippen molar-refractivity contribution in [1.29, 1.82) is 0 Å². The number of ether oxygens (including phenoxy) is 1. The van der Waals surface area contributed by atoms with Crippen molar-refractivity contribution in [2.45, 2.75) is 64.6 Å². The summed E-state index contributed by atoms with van der Waals surface area (Å²) in [5.74, 6) is 3.74. The molecule has 4 aliphatic rings. The monoisotopic (exact) mass is 477 g/mol. The molecule has 0 spiro atoms. The first kappa shape index (κ1) is 21.9. The first-order chi connectivity index (χ1) is 14.9. The van der Waals surface area contributed by atoms with Gasteiger partial charge >= 0.3 is 0 Å². The Balaban J connectivity index is 1.26. The molecule has 2 aromatic rings. The van der Waals surface area contributed by atoms with E-state index in [0.29, 0.717) is 28.1 Å². The molecule has 0 aliphatic heterocycles. The van der Waals surface area contributed by atoms with Crippen molar-refractivity contribution in [3.63, 3.8) is 0 Å². The van der Waals surface area contributed by atoms with Crippen molar-refractivity contribution < 1.29 is 4.74 Å². The Kier molecular flexibility index (Phi) is 6.20. The topological polar surface area (TPSA) is 21.3 Å². The Hall–Kier alpha value is -0.930. The Morgan fingerprint density at radius 1 is 0.903 bits per heavy atom. The largest absolute Gasteiger partial charge is 0.489 e. The average Bonchev–Trinajstić information content (AvgIpc) is 2.71. The van der Waals surface area contributed by atoms with E-state index in [1.165, 1.54) is 38.5 Å². The average molecular weight is 479 g/mol. The lowest BCUT2D eigenvalue weighted by atomic mass is 9.48. The molecular formula is C26H30Cl3NO. The summed E-state index contributed by atoms with van der Waals surface area (Å²) in [5, 5.41) is 5.84. The maximum absolute atomic E-state index is 6.33. The molecule has 0 heterocycles. The summed E-state index contributed by atoms with van der Waals surface area (Å²) in [6.45, 7) is 3.55. The highest BCUT2D eigenvalue weighted by Gasteiger charge is 2.52. The third-order valence-corrected chi connectivity index (χ3v) is 8.85. The summed E-state index contributed by atoms with van der Waals surface area (Å²) in [7, 11) is 0. The van der Waals surface area contributed by atoms with Crippen LogP contribution in [0.25, 0.3) is 0 Å². The van der Waals surface area contributed by atoms with Crippen molar-refractivity contribution in [2.75, 3.05) is 0 Å². The zero-order valence-electron chi connectivity index (χ0n) is 18.0. The highest BCUT2D eigenvalue weighted by Crippen LogP contribution is 2.61. The van der Waals surface area contributed by atoms with E-state index in [9.17, 15) is 0 Å². The lowest BCUT2D eigenvalue weighted by Gasteiger charge is -2.59. The van der Waals surface area contributed by atoms with Crippen molar-refractivity contribution in [2.24, 2.45) is 23.2 Å². The first-order valence-corrected chi connectivity index (χ1v) is 12.6. The van der Waals surface area contributed by atoms with E-state index >= 15 is 0 Å². The minimum atomic E-state index is 0.398. The lowest BCUT2D eigenvalue weighted by Crippen LogP contribution is -2.54. The molecule has 1 N–H and O–H groups in total. The van der Waals surface area contributed by atoms with Gasteiger partial charge in [0.1, 0.15) is 12.4 Å². The van der Waals surface area contributed by atoms with E-state index in [1.54, 1.807) is 6.07 Å². The second-order valence-electron chi connectivity index (χ2n) is 10.2. The number of nitrogens with one attached hydrogen (secondary N) is 1. The predicted octanol–water partition coefficient (Wildman–Crippen LogP) is 7.92. The molecule has 0 radical (unpaired) electrons. The molecule has 4 saturated carbocycles. The summed E-state index contributed by atoms with van der Waals surface area (Å²) < 4.78 is 6.15. The Morgan fingerprint density at radius 2 is 1.52 bits per heavy atom. The van der Waals surface area contributed by atoms with E-state index in [2.05, 4.69) is 12.2 Å². The van der Waals surface area contributed by atoms with Gasteiger partial charge in [0.05, 0.1) is 0 Å². The fourth-order valence-electron chi connectivity index (χ4n) is 6.81. The van der Waals surface area contributed by atoms with Crippen LogP contribution in [0.5, 0.6) is 5.75 Å². The first-order valence-electron chi connectivity index (χ1n) is 11.5. The molecule has 2 aromatic carbocycles. The van der Waals surface area contributed by atoms with Crippen LogP contribution in [0.4, 0.5) is 0 Å². The zero-order chi connectivity index (χ0) is 21.6. The Morgan fingerprint density at radius 3 is 2.16 bits per heavy atom. The molecule has 1 unspecified atom stereocenters. The van der Waals surface area contributed by atoms with Gasteiger partial charge in [0.15, 0.2) is 0 Å². The smallest absolute Gasteiger partial charge is 0.124 e. The Labute approximate surface area is 200 Å². The third kappa shape index (κ3) is 4.60. The minimum absolute atomic E-state index is 0.398. The molecular weight excluding hydrogens is 449 g/mol. The number of benzene rings is 2. The SMILES string of the molecule is CC(NCc1cc(Cl)ccc1OCc1ccc(Cl)cc1Cl)C12CC3CC(CC(C3)C1)C2. The lowest BCUT2D eigenvalue weighted by molar-refractivity contribution is -0.0706. The molecule has 0 amide bonds. The maximum Gasteiger partial charge on any atom is 0.124 e. The molecule has 0 aromatic heterocycles. The normalized spacial score (nSPS) is 29.9. The highest BCUT2D eigenvalue weighted by molar-refractivity contribution is 6.35. The van der Waals surface area contributed by atoms with E-state index in [1.807, 2.05) is 30.3 Å². The van der Waals surface area contributed by atoms with Crippen LogP contribution >= 0.6 is 34.8 Å². The van der Waals surface area contributed by atoms with E-state index in [4.69, 9.17) is 39.5 Å². The van der Waals surface area contributed by atoms with Gasteiger partial charge in [0.25, 0.3) is 0 Å². The van der Waals surface area contributed by atoms with Gasteiger partial charge in [-0.25, -0.2) is 0 Å². The van der Waals surface area contributed by atoms with Crippen LogP contribution in [-0.2, 0) is 13.2 Å². The van der Waals surface area contributed by atoms with E-state index in [0.717, 1.165) is 46.2 Å². The Bertz CT molecular complexity index is 924. The van der Waals surface area contributed by atoms with Crippen LogP contribution in [0.3, 0.4) is 0 Å². The number of hydrogen-bond donors (Lipinski definition) is 1. The molecule has 31 heavy (non-hydrogen) atoms. The van der Waals surface area contributed by atoms with Crippen molar-refractivity contribution in [1.82, 2.24) is 5.32 Å². The van der Waals surface area contributed by atoms with Crippen LogP contribution in [0, 0.1) is 23.2 Å². The molecule has 0 saturated heterocycles. The van der Waals surface area contributed by atoms with Gasteiger partial charge < -0.3 is 10.1 Å². The molecule has 5 heteroatoms. The minimum Gasteiger partial charge on any atom is -0.489 e. The number of hydrogen-bond acceptors (Lipinski definition) is 2. The fraction of sp³-hybridized carbons (Fsp3) is 0.538. The van der Waals surface area contributed by atoms with Gasteiger partial charge in [-0.3, -0.25) is 0 Å². The fourth-order valence-corrected chi connectivity index (χ4v) is 7.47. The van der Waals surface area contributed by atoms with E-state index in [-0.39, 0.29) is 0 Å².